The molecule has 25 heavy (non-hydrogen) atoms. The molecule has 2 aliphatic rings. The summed E-state index contributed by atoms with van der Waals surface area (Å²) in [5.74, 6) is 0.894. The summed E-state index contributed by atoms with van der Waals surface area (Å²) in [5.41, 5.74) is -0.258. The third-order valence-corrected chi connectivity index (χ3v) is 6.26. The fraction of sp³-hybridized carbons (Fsp3) is 0.950. The molecule has 1 saturated carbocycles. The van der Waals surface area contributed by atoms with Gasteiger partial charge in [-0.05, 0) is 44.1 Å². The summed E-state index contributed by atoms with van der Waals surface area (Å²) in [6.07, 6.45) is 3.97. The molecule has 0 radical (unpaired) electrons. The molecule has 146 valence electrons. The highest BCUT2D eigenvalue weighted by Gasteiger charge is 2.39. The number of hydrogen-bond acceptors (Lipinski definition) is 4. The summed E-state index contributed by atoms with van der Waals surface area (Å²) in [6.45, 7) is 11.1. The molecule has 0 aromatic carbocycles. The van der Waals surface area contributed by atoms with Crippen molar-refractivity contribution in [3.63, 3.8) is 0 Å². The Morgan fingerprint density at radius 1 is 1.16 bits per heavy atom. The molecule has 1 atom stereocenters. The summed E-state index contributed by atoms with van der Waals surface area (Å²) in [4.78, 5) is 18.7. The number of rotatable bonds is 3. The summed E-state index contributed by atoms with van der Waals surface area (Å²) in [6, 6.07) is 0. The van der Waals surface area contributed by atoms with Gasteiger partial charge < -0.3 is 14.9 Å². The van der Waals surface area contributed by atoms with E-state index in [4.69, 9.17) is 0 Å². The smallest absolute Gasteiger partial charge is 0.227 e. The van der Waals surface area contributed by atoms with Gasteiger partial charge in [-0.2, -0.15) is 0 Å². The van der Waals surface area contributed by atoms with Crippen molar-refractivity contribution < 1.29 is 9.90 Å². The lowest BCUT2D eigenvalue weighted by atomic mass is 9.68. The fourth-order valence-electron chi connectivity index (χ4n) is 4.50. The molecule has 1 saturated heterocycles. The molecule has 1 unspecified atom stereocenters. The van der Waals surface area contributed by atoms with E-state index in [1.54, 1.807) is 4.90 Å². The van der Waals surface area contributed by atoms with Gasteiger partial charge in [-0.3, -0.25) is 9.69 Å². The fourth-order valence-corrected chi connectivity index (χ4v) is 4.50. The van der Waals surface area contributed by atoms with Gasteiger partial charge in [0.25, 0.3) is 0 Å². The predicted octanol–water partition coefficient (Wildman–Crippen LogP) is 1.91. The van der Waals surface area contributed by atoms with E-state index < -0.39 is 5.60 Å². The van der Waals surface area contributed by atoms with Gasteiger partial charge in [0, 0.05) is 46.8 Å². The zero-order chi connectivity index (χ0) is 18.8. The van der Waals surface area contributed by atoms with Crippen LogP contribution < -0.4 is 0 Å². The van der Waals surface area contributed by atoms with Crippen molar-refractivity contribution in [2.24, 2.45) is 17.3 Å². The minimum Gasteiger partial charge on any atom is -0.389 e. The number of nitrogens with zero attached hydrogens (tertiary/aromatic N) is 3. The van der Waals surface area contributed by atoms with Crippen molar-refractivity contribution in [2.75, 3.05) is 53.9 Å². The zero-order valence-electron chi connectivity index (χ0n) is 17.2. The second-order valence-electron chi connectivity index (χ2n) is 9.79. The van der Waals surface area contributed by atoms with Crippen LogP contribution in [0.4, 0.5) is 0 Å². The van der Waals surface area contributed by atoms with Crippen LogP contribution in [-0.4, -0.2) is 85.2 Å². The first-order valence-electron chi connectivity index (χ1n) is 9.85. The summed E-state index contributed by atoms with van der Waals surface area (Å²) < 4.78 is 0. The van der Waals surface area contributed by atoms with E-state index in [0.29, 0.717) is 17.9 Å². The summed E-state index contributed by atoms with van der Waals surface area (Å²) >= 11 is 0. The first-order chi connectivity index (χ1) is 11.5. The lowest BCUT2D eigenvalue weighted by Gasteiger charge is -2.43. The largest absolute Gasteiger partial charge is 0.389 e. The lowest BCUT2D eigenvalue weighted by Crippen LogP contribution is -2.49. The average Bonchev–Trinajstić information content (AvgIpc) is 2.67. The van der Waals surface area contributed by atoms with E-state index in [1.165, 1.54) is 0 Å². The molecular formula is C20H39N3O2. The van der Waals surface area contributed by atoms with Crippen LogP contribution in [0.15, 0.2) is 0 Å². The number of β-amino-alcohol motifs (C(OH)–C–C–N with tert-alkyl or cyclic N) is 1. The maximum Gasteiger partial charge on any atom is 0.227 e. The standard InChI is InChI=1S/C20H39N3O2/c1-19(2,3)17-7-9-20(25,10-8-17)15-23-12-11-22(6)13-16(14-23)18(24)21(4)5/h16-17,25H,7-15H2,1-6H3. The van der Waals surface area contributed by atoms with Gasteiger partial charge in [0.05, 0.1) is 11.5 Å². The van der Waals surface area contributed by atoms with Crippen LogP contribution in [0.2, 0.25) is 0 Å². The number of aliphatic hydroxyl groups is 1. The number of amides is 1. The molecule has 1 aliphatic carbocycles. The van der Waals surface area contributed by atoms with Gasteiger partial charge in [-0.15, -0.1) is 0 Å². The lowest BCUT2D eigenvalue weighted by molar-refractivity contribution is -0.134. The SMILES string of the molecule is CN1CCN(CC2(O)CCC(C(C)(C)C)CC2)CC(C(=O)N(C)C)C1. The average molecular weight is 354 g/mol. The van der Waals surface area contributed by atoms with Crippen molar-refractivity contribution in [3.05, 3.63) is 0 Å². The van der Waals surface area contributed by atoms with Gasteiger partial charge in [-0.1, -0.05) is 20.8 Å². The number of carbonyl (C=O) groups is 1. The first-order valence-corrected chi connectivity index (χ1v) is 9.85. The van der Waals surface area contributed by atoms with Gasteiger partial charge in [-0.25, -0.2) is 0 Å². The molecule has 1 heterocycles. The van der Waals surface area contributed by atoms with E-state index >= 15 is 0 Å². The van der Waals surface area contributed by atoms with Crippen LogP contribution in [0.1, 0.15) is 46.5 Å². The van der Waals surface area contributed by atoms with Crippen molar-refractivity contribution in [3.8, 4) is 0 Å². The molecule has 1 aliphatic heterocycles. The first kappa shape index (κ1) is 20.7. The van der Waals surface area contributed by atoms with Gasteiger partial charge >= 0.3 is 0 Å². The molecule has 0 aromatic rings. The highest BCUT2D eigenvalue weighted by molar-refractivity contribution is 5.78. The van der Waals surface area contributed by atoms with Crippen molar-refractivity contribution in [1.82, 2.24) is 14.7 Å². The maximum absolute atomic E-state index is 12.5. The van der Waals surface area contributed by atoms with Gasteiger partial charge in [0.2, 0.25) is 5.91 Å². The Morgan fingerprint density at radius 3 is 2.28 bits per heavy atom. The highest BCUT2D eigenvalue weighted by Crippen LogP contribution is 2.41. The summed E-state index contributed by atoms with van der Waals surface area (Å²) in [5, 5.41) is 11.1. The molecular weight excluding hydrogens is 314 g/mol. The Labute approximate surface area is 154 Å². The normalized spacial score (nSPS) is 33.1. The molecule has 2 fully saturated rings. The van der Waals surface area contributed by atoms with E-state index in [9.17, 15) is 9.90 Å². The second kappa shape index (κ2) is 7.93. The van der Waals surface area contributed by atoms with E-state index in [-0.39, 0.29) is 11.8 Å². The van der Waals surface area contributed by atoms with Crippen molar-refractivity contribution in [2.45, 2.75) is 52.1 Å². The minimum atomic E-state index is -0.587. The van der Waals surface area contributed by atoms with E-state index in [1.807, 2.05) is 14.1 Å². The third kappa shape index (κ3) is 5.66. The quantitative estimate of drug-likeness (QED) is 0.842. The molecule has 1 N–H and O–H groups in total. The van der Waals surface area contributed by atoms with Gasteiger partial charge in [0.15, 0.2) is 0 Å². The molecule has 0 bridgehead atoms. The van der Waals surface area contributed by atoms with Crippen LogP contribution in [0.5, 0.6) is 0 Å². The topological polar surface area (TPSA) is 47.0 Å². The third-order valence-electron chi connectivity index (χ3n) is 6.26. The Morgan fingerprint density at radius 2 is 1.76 bits per heavy atom. The number of likely N-dealkylation sites (N-methyl/N-ethyl adjacent to an activating group) is 1. The maximum atomic E-state index is 12.5. The molecule has 0 spiro atoms. The Balaban J connectivity index is 1.97. The summed E-state index contributed by atoms with van der Waals surface area (Å²) in [7, 11) is 5.75. The number of carbonyl (C=O) groups excluding carboxylic acids is 1. The van der Waals surface area contributed by atoms with Crippen LogP contribution in [-0.2, 0) is 4.79 Å². The highest BCUT2D eigenvalue weighted by atomic mass is 16.3. The zero-order valence-corrected chi connectivity index (χ0v) is 17.2. The molecule has 1 amide bonds. The van der Waals surface area contributed by atoms with Crippen LogP contribution in [0.25, 0.3) is 0 Å². The van der Waals surface area contributed by atoms with Crippen LogP contribution in [0.3, 0.4) is 0 Å². The van der Waals surface area contributed by atoms with E-state index in [2.05, 4.69) is 37.6 Å². The van der Waals surface area contributed by atoms with Crippen LogP contribution >= 0.6 is 0 Å². The molecule has 5 heteroatoms. The Kier molecular flexibility index (Phi) is 6.55. The second-order valence-corrected chi connectivity index (χ2v) is 9.79. The minimum absolute atomic E-state index is 0.00276. The Bertz CT molecular complexity index is 450. The van der Waals surface area contributed by atoms with E-state index in [0.717, 1.165) is 51.9 Å². The van der Waals surface area contributed by atoms with Gasteiger partial charge in [0.1, 0.15) is 0 Å². The number of hydrogen-bond donors (Lipinski definition) is 1. The monoisotopic (exact) mass is 353 g/mol. The molecule has 5 nitrogen and oxygen atoms in total. The molecule has 0 aromatic heterocycles. The van der Waals surface area contributed by atoms with Crippen LogP contribution in [0, 0.1) is 17.3 Å². The predicted molar refractivity (Wildman–Crippen MR) is 102 cm³/mol. The van der Waals surface area contributed by atoms with Crippen molar-refractivity contribution in [1.29, 1.82) is 0 Å². The Hall–Kier alpha value is -0.650. The van der Waals surface area contributed by atoms with Crippen molar-refractivity contribution >= 4 is 5.91 Å². The molecule has 2 rings (SSSR count).